The van der Waals surface area contributed by atoms with Crippen LogP contribution in [-0.2, 0) is 21.6 Å². The summed E-state index contributed by atoms with van der Waals surface area (Å²) < 4.78 is 17.1. The van der Waals surface area contributed by atoms with Crippen LogP contribution in [0.2, 0.25) is 0 Å². The van der Waals surface area contributed by atoms with Crippen LogP contribution in [0.4, 0.5) is 0 Å². The number of fused-ring (bicyclic) bond motifs is 1. The van der Waals surface area contributed by atoms with Crippen molar-refractivity contribution in [2.24, 2.45) is 11.8 Å². The van der Waals surface area contributed by atoms with Gasteiger partial charge in [-0.1, -0.05) is 56.2 Å². The van der Waals surface area contributed by atoms with Crippen molar-refractivity contribution in [2.75, 3.05) is 46.6 Å². The number of benzene rings is 2. The van der Waals surface area contributed by atoms with E-state index in [0.29, 0.717) is 12.7 Å². The molecule has 5 rings (SSSR count). The van der Waals surface area contributed by atoms with E-state index >= 15 is 0 Å². The highest BCUT2D eigenvalue weighted by atomic mass is 16.7. The molecule has 1 amide bonds. The van der Waals surface area contributed by atoms with Gasteiger partial charge in [-0.05, 0) is 48.4 Å². The van der Waals surface area contributed by atoms with Crippen LogP contribution in [0.25, 0.3) is 0 Å². The number of piperazine rings is 1. The summed E-state index contributed by atoms with van der Waals surface area (Å²) >= 11 is 0. The molecule has 2 atom stereocenters. The van der Waals surface area contributed by atoms with E-state index < -0.39 is 5.60 Å². The Bertz CT molecular complexity index is 999. The van der Waals surface area contributed by atoms with E-state index in [2.05, 4.69) is 36.1 Å². The quantitative estimate of drug-likeness (QED) is 0.560. The molecule has 35 heavy (non-hydrogen) atoms. The monoisotopic (exact) mass is 478 g/mol. The summed E-state index contributed by atoms with van der Waals surface area (Å²) in [6.07, 6.45) is 5.44. The predicted molar refractivity (Wildman–Crippen MR) is 136 cm³/mol. The van der Waals surface area contributed by atoms with Crippen molar-refractivity contribution in [3.63, 3.8) is 0 Å². The van der Waals surface area contributed by atoms with E-state index in [4.69, 9.17) is 14.2 Å². The maximum absolute atomic E-state index is 14.1. The molecule has 6 heteroatoms. The molecule has 0 aromatic heterocycles. The Morgan fingerprint density at radius 2 is 1.74 bits per heavy atom. The van der Waals surface area contributed by atoms with Crippen LogP contribution < -0.4 is 9.47 Å². The number of carbonyl (C=O) groups excluding carboxylic acids is 1. The molecule has 1 saturated heterocycles. The van der Waals surface area contributed by atoms with E-state index in [9.17, 15) is 4.79 Å². The van der Waals surface area contributed by atoms with Gasteiger partial charge in [0.05, 0.1) is 0 Å². The van der Waals surface area contributed by atoms with Crippen LogP contribution in [0.15, 0.2) is 48.5 Å². The summed E-state index contributed by atoms with van der Waals surface area (Å²) in [4.78, 5) is 18.6. The molecular weight excluding hydrogens is 440 g/mol. The second-order valence-electron chi connectivity index (χ2n) is 10.4. The van der Waals surface area contributed by atoms with Crippen LogP contribution in [0.5, 0.6) is 11.5 Å². The second-order valence-corrected chi connectivity index (χ2v) is 10.4. The fraction of sp³-hybridized carbons (Fsp3) is 0.552. The maximum Gasteiger partial charge on any atom is 0.259 e. The first-order chi connectivity index (χ1) is 17.1. The minimum Gasteiger partial charge on any atom is -0.454 e. The van der Waals surface area contributed by atoms with E-state index in [0.717, 1.165) is 69.0 Å². The smallest absolute Gasteiger partial charge is 0.259 e. The number of amides is 1. The summed E-state index contributed by atoms with van der Waals surface area (Å²) in [6, 6.07) is 16.4. The number of carbonyl (C=O) groups is 1. The Balaban J connectivity index is 1.20. The van der Waals surface area contributed by atoms with E-state index in [1.807, 2.05) is 29.2 Å². The van der Waals surface area contributed by atoms with E-state index in [1.165, 1.54) is 18.4 Å². The molecule has 2 aromatic rings. The first-order valence-electron chi connectivity index (χ1n) is 13.1. The molecule has 0 N–H and O–H groups in total. The van der Waals surface area contributed by atoms with Gasteiger partial charge in [-0.2, -0.15) is 0 Å². The molecular formula is C29H38N2O4. The van der Waals surface area contributed by atoms with Crippen molar-refractivity contribution in [1.82, 2.24) is 9.80 Å². The van der Waals surface area contributed by atoms with Crippen molar-refractivity contribution in [3.8, 4) is 11.5 Å². The normalized spacial score (nSPS) is 21.1. The zero-order chi connectivity index (χ0) is 24.3. The fourth-order valence-electron chi connectivity index (χ4n) is 6.27. The summed E-state index contributed by atoms with van der Waals surface area (Å²) in [5.74, 6) is 2.58. The molecule has 2 aromatic carbocycles. The van der Waals surface area contributed by atoms with E-state index in [1.54, 1.807) is 7.11 Å². The number of hydrogen-bond donors (Lipinski definition) is 0. The van der Waals surface area contributed by atoms with Gasteiger partial charge in [-0.15, -0.1) is 0 Å². The summed E-state index contributed by atoms with van der Waals surface area (Å²) in [5.41, 5.74) is 1.41. The van der Waals surface area contributed by atoms with Crippen molar-refractivity contribution < 1.29 is 19.0 Å². The lowest BCUT2D eigenvalue weighted by Gasteiger charge is -2.43. The molecule has 0 spiro atoms. The number of methoxy groups -OCH3 is 1. The van der Waals surface area contributed by atoms with Crippen molar-refractivity contribution >= 4 is 5.91 Å². The lowest BCUT2D eigenvalue weighted by molar-refractivity contribution is -0.166. The Hall–Kier alpha value is -2.57. The number of ether oxygens (including phenoxy) is 3. The number of nitrogens with zero attached hydrogens (tertiary/aromatic N) is 2. The Morgan fingerprint density at radius 3 is 2.46 bits per heavy atom. The van der Waals surface area contributed by atoms with Gasteiger partial charge in [0.15, 0.2) is 17.1 Å². The van der Waals surface area contributed by atoms with Gasteiger partial charge < -0.3 is 19.1 Å². The summed E-state index contributed by atoms with van der Waals surface area (Å²) in [7, 11) is 1.72. The highest BCUT2D eigenvalue weighted by Gasteiger charge is 2.50. The van der Waals surface area contributed by atoms with Crippen LogP contribution >= 0.6 is 0 Å². The highest BCUT2D eigenvalue weighted by molar-refractivity contribution is 5.87. The largest absolute Gasteiger partial charge is 0.454 e. The Kier molecular flexibility index (Phi) is 7.30. The lowest BCUT2D eigenvalue weighted by Crippen LogP contribution is -2.57. The van der Waals surface area contributed by atoms with Gasteiger partial charge in [-0.25, -0.2) is 0 Å². The predicted octanol–water partition coefficient (Wildman–Crippen LogP) is 4.47. The fourth-order valence-corrected chi connectivity index (χ4v) is 6.27. The Labute approximate surface area is 209 Å². The molecule has 2 heterocycles. The molecule has 1 saturated carbocycles. The lowest BCUT2D eigenvalue weighted by atomic mass is 9.78. The van der Waals surface area contributed by atoms with Gasteiger partial charge in [-0.3, -0.25) is 9.69 Å². The average molecular weight is 479 g/mol. The van der Waals surface area contributed by atoms with Gasteiger partial charge in [0.25, 0.3) is 5.91 Å². The molecule has 1 aliphatic carbocycles. The molecule has 2 aliphatic heterocycles. The third-order valence-corrected chi connectivity index (χ3v) is 8.02. The highest BCUT2D eigenvalue weighted by Crippen LogP contribution is 2.44. The average Bonchev–Trinajstić information content (AvgIpc) is 3.58. The van der Waals surface area contributed by atoms with Gasteiger partial charge in [0, 0.05) is 45.8 Å². The molecule has 2 unspecified atom stereocenters. The van der Waals surface area contributed by atoms with Gasteiger partial charge in [0.1, 0.15) is 0 Å². The maximum atomic E-state index is 14.1. The molecule has 2 fully saturated rings. The van der Waals surface area contributed by atoms with Gasteiger partial charge >= 0.3 is 0 Å². The Morgan fingerprint density at radius 1 is 1.03 bits per heavy atom. The van der Waals surface area contributed by atoms with Crippen molar-refractivity contribution in [3.05, 3.63) is 59.7 Å². The zero-order valence-corrected chi connectivity index (χ0v) is 21.1. The minimum absolute atomic E-state index is 0.145. The standard InChI is InChI=1S/C29H38N2O4/c1-22(18-23-12-13-26-27(19-23)35-21-34-26)20-30-14-16-31(17-15-30)28(32)29(33-2,25-10-6-7-11-25)24-8-4-3-5-9-24/h3-5,8-9,12-13,19,22,25H,6-7,10-11,14-18,20-21H2,1-2H3. The SMILES string of the molecule is COC(C(=O)N1CCN(CC(C)Cc2ccc3c(c2)OCO3)CC1)(c1ccccc1)C1CCCC1. The van der Waals surface area contributed by atoms with Crippen molar-refractivity contribution in [2.45, 2.75) is 44.6 Å². The van der Waals surface area contributed by atoms with Gasteiger partial charge in [0.2, 0.25) is 6.79 Å². The third kappa shape index (κ3) is 4.91. The van der Waals surface area contributed by atoms with Crippen LogP contribution in [0.1, 0.15) is 43.7 Å². The number of rotatable bonds is 8. The number of hydrogen-bond acceptors (Lipinski definition) is 5. The summed E-state index contributed by atoms with van der Waals surface area (Å²) in [6.45, 7) is 6.93. The van der Waals surface area contributed by atoms with E-state index in [-0.39, 0.29) is 11.8 Å². The molecule has 0 radical (unpaired) electrons. The zero-order valence-electron chi connectivity index (χ0n) is 21.1. The van der Waals surface area contributed by atoms with Crippen LogP contribution in [0.3, 0.4) is 0 Å². The molecule has 3 aliphatic rings. The first-order valence-corrected chi connectivity index (χ1v) is 13.1. The minimum atomic E-state index is -0.868. The topological polar surface area (TPSA) is 51.2 Å². The summed E-state index contributed by atoms with van der Waals surface area (Å²) in [5, 5.41) is 0. The molecule has 6 nitrogen and oxygen atoms in total. The molecule has 0 bridgehead atoms. The van der Waals surface area contributed by atoms with Crippen molar-refractivity contribution in [1.29, 1.82) is 0 Å². The second kappa shape index (κ2) is 10.6. The molecule has 188 valence electrons. The first kappa shape index (κ1) is 24.1. The third-order valence-electron chi connectivity index (χ3n) is 8.02. The van der Waals surface area contributed by atoms with Crippen LogP contribution in [0, 0.1) is 11.8 Å². The van der Waals surface area contributed by atoms with Crippen LogP contribution in [-0.4, -0.2) is 62.3 Å².